The first-order valence-corrected chi connectivity index (χ1v) is 5.99. The number of anilines is 1. The topological polar surface area (TPSA) is 112 Å². The summed E-state index contributed by atoms with van der Waals surface area (Å²) in [6.45, 7) is -0.0172. The van der Waals surface area contributed by atoms with E-state index in [-0.39, 0.29) is 13.2 Å². The summed E-state index contributed by atoms with van der Waals surface area (Å²) in [5.74, 6) is 0.570. The first-order valence-electron chi connectivity index (χ1n) is 5.99. The molecule has 0 aliphatic carbocycles. The van der Waals surface area contributed by atoms with Gasteiger partial charge in [-0.15, -0.1) is 0 Å². The Kier molecular flexibility index (Phi) is 3.23. The van der Waals surface area contributed by atoms with Crippen LogP contribution in [0.5, 0.6) is 0 Å². The Morgan fingerprint density at radius 3 is 3.05 bits per heavy atom. The van der Waals surface area contributed by atoms with Crippen molar-refractivity contribution >= 4 is 12.2 Å². The average molecular weight is 267 g/mol. The molecule has 0 bridgehead atoms. The summed E-state index contributed by atoms with van der Waals surface area (Å²) in [5.41, 5.74) is 0.483. The third-order valence-corrected chi connectivity index (χ3v) is 3.22. The molecule has 0 saturated carbocycles. The number of aliphatic hydroxyl groups is 3. The quantitative estimate of drug-likeness (QED) is 0.537. The summed E-state index contributed by atoms with van der Waals surface area (Å²) in [6.07, 6.45) is 1.77. The zero-order valence-electron chi connectivity index (χ0n) is 10.0. The highest BCUT2D eigenvalue weighted by Crippen LogP contribution is 2.33. The van der Waals surface area contributed by atoms with Crippen molar-refractivity contribution in [2.75, 3.05) is 18.5 Å². The molecule has 4 N–H and O–H groups in total. The van der Waals surface area contributed by atoms with Gasteiger partial charge in [0.15, 0.2) is 0 Å². The van der Waals surface area contributed by atoms with E-state index in [0.717, 1.165) is 0 Å². The summed E-state index contributed by atoms with van der Waals surface area (Å²) >= 11 is 0. The third kappa shape index (κ3) is 2.12. The van der Waals surface area contributed by atoms with E-state index in [1.807, 2.05) is 0 Å². The standard InChI is InChI=1S/C11H15N4O4/c16-3-8-6(17)1-9(19-8)15-5-14-10-7(18)2-12-4-13-11(10)15/h1,4-9,16-18H,2-3H2,(H,12,13)/t6?,7-,8-,9-/m1/s1. The molecule has 2 aliphatic heterocycles. The van der Waals surface area contributed by atoms with Crippen LogP contribution in [0.2, 0.25) is 0 Å². The molecule has 1 aromatic heterocycles. The summed E-state index contributed by atoms with van der Waals surface area (Å²) in [6, 6.07) is 0. The van der Waals surface area contributed by atoms with E-state index in [2.05, 4.69) is 15.3 Å². The fraction of sp³-hybridized carbons (Fsp3) is 0.545. The molecular formula is C11H15N4O4. The van der Waals surface area contributed by atoms with E-state index in [1.165, 1.54) is 12.7 Å². The number of hydrogen-bond acceptors (Lipinski definition) is 7. The Balaban J connectivity index is 1.89. The van der Waals surface area contributed by atoms with Gasteiger partial charge < -0.3 is 25.4 Å². The highest BCUT2D eigenvalue weighted by Gasteiger charge is 2.36. The molecular weight excluding hydrogens is 252 g/mol. The van der Waals surface area contributed by atoms with Gasteiger partial charge in [0.05, 0.1) is 31.9 Å². The maximum atomic E-state index is 9.88. The minimum atomic E-state index is -0.836. The molecule has 0 aromatic carbocycles. The van der Waals surface area contributed by atoms with E-state index >= 15 is 0 Å². The van der Waals surface area contributed by atoms with Gasteiger partial charge in [0.1, 0.15) is 29.9 Å². The van der Waals surface area contributed by atoms with Crippen molar-refractivity contribution in [2.45, 2.75) is 24.5 Å². The van der Waals surface area contributed by atoms with Gasteiger partial charge in [-0.3, -0.25) is 9.56 Å². The zero-order chi connectivity index (χ0) is 13.4. The van der Waals surface area contributed by atoms with Gasteiger partial charge in [-0.1, -0.05) is 0 Å². The third-order valence-electron chi connectivity index (χ3n) is 3.22. The Labute approximate surface area is 109 Å². The van der Waals surface area contributed by atoms with Gasteiger partial charge >= 0.3 is 0 Å². The van der Waals surface area contributed by atoms with E-state index in [4.69, 9.17) is 9.84 Å². The van der Waals surface area contributed by atoms with Gasteiger partial charge in [0.25, 0.3) is 0 Å². The predicted molar refractivity (Wildman–Crippen MR) is 65.5 cm³/mol. The number of aromatic nitrogens is 2. The number of fused-ring (bicyclic) bond motifs is 1. The molecule has 3 heterocycles. The van der Waals surface area contributed by atoms with Crippen LogP contribution >= 0.6 is 0 Å². The molecule has 4 atom stereocenters. The molecule has 19 heavy (non-hydrogen) atoms. The van der Waals surface area contributed by atoms with Crippen molar-refractivity contribution in [1.82, 2.24) is 9.55 Å². The van der Waals surface area contributed by atoms with Crippen molar-refractivity contribution in [3.05, 3.63) is 18.4 Å². The molecule has 2 aliphatic rings. The molecule has 103 valence electrons. The van der Waals surface area contributed by atoms with Crippen molar-refractivity contribution in [1.29, 1.82) is 0 Å². The SMILES string of the molecule is OC[C@H]1O[C@@H](n2cnc3c2NC=NC[C@H]3O)[CH]C1O. The maximum absolute atomic E-state index is 9.88. The number of ether oxygens (including phenoxy) is 1. The highest BCUT2D eigenvalue weighted by molar-refractivity contribution is 5.76. The molecule has 1 unspecified atom stereocenters. The van der Waals surface area contributed by atoms with Crippen molar-refractivity contribution in [3.8, 4) is 0 Å². The van der Waals surface area contributed by atoms with Gasteiger partial charge in [0.2, 0.25) is 0 Å². The normalized spacial score (nSPS) is 33.8. The number of imidazole rings is 1. The van der Waals surface area contributed by atoms with E-state index in [9.17, 15) is 10.2 Å². The molecule has 1 aromatic rings. The number of rotatable bonds is 2. The lowest BCUT2D eigenvalue weighted by Crippen LogP contribution is -2.24. The van der Waals surface area contributed by atoms with Gasteiger partial charge in [-0.25, -0.2) is 4.98 Å². The second-order valence-electron chi connectivity index (χ2n) is 4.47. The minimum absolute atomic E-state index is 0.244. The van der Waals surface area contributed by atoms with Crippen LogP contribution in [-0.2, 0) is 4.74 Å². The summed E-state index contributed by atoms with van der Waals surface area (Å²) in [7, 11) is 0. The number of hydrogen-bond donors (Lipinski definition) is 4. The summed E-state index contributed by atoms with van der Waals surface area (Å²) in [5, 5.41) is 31.6. The second kappa shape index (κ2) is 4.89. The fourth-order valence-electron chi connectivity index (χ4n) is 2.21. The molecule has 8 heteroatoms. The lowest BCUT2D eigenvalue weighted by atomic mass is 10.2. The van der Waals surface area contributed by atoms with Crippen LogP contribution < -0.4 is 5.32 Å². The van der Waals surface area contributed by atoms with Crippen LogP contribution in [0.15, 0.2) is 11.3 Å². The number of nitrogens with one attached hydrogen (secondary N) is 1. The van der Waals surface area contributed by atoms with E-state index < -0.39 is 24.5 Å². The molecule has 8 nitrogen and oxygen atoms in total. The van der Waals surface area contributed by atoms with Crippen LogP contribution in [0.4, 0.5) is 5.82 Å². The smallest absolute Gasteiger partial charge is 0.143 e. The Bertz CT molecular complexity index is 489. The Morgan fingerprint density at radius 2 is 2.32 bits per heavy atom. The van der Waals surface area contributed by atoms with Crippen LogP contribution in [0, 0.1) is 6.42 Å². The van der Waals surface area contributed by atoms with Crippen molar-refractivity contribution < 1.29 is 20.1 Å². The summed E-state index contributed by atoms with van der Waals surface area (Å²) in [4.78, 5) is 8.12. The first kappa shape index (κ1) is 12.5. The number of nitrogens with zero attached hydrogens (tertiary/aromatic N) is 3. The maximum Gasteiger partial charge on any atom is 0.143 e. The van der Waals surface area contributed by atoms with Crippen molar-refractivity contribution in [2.24, 2.45) is 4.99 Å². The second-order valence-corrected chi connectivity index (χ2v) is 4.47. The average Bonchev–Trinajstić information content (AvgIpc) is 2.93. The zero-order valence-corrected chi connectivity index (χ0v) is 10.0. The van der Waals surface area contributed by atoms with Crippen LogP contribution in [0.1, 0.15) is 18.0 Å². The molecule has 1 saturated heterocycles. The lowest BCUT2D eigenvalue weighted by Gasteiger charge is -2.16. The van der Waals surface area contributed by atoms with Crippen LogP contribution in [0.3, 0.4) is 0 Å². The van der Waals surface area contributed by atoms with Crippen LogP contribution in [0.25, 0.3) is 0 Å². The highest BCUT2D eigenvalue weighted by atomic mass is 16.5. The Morgan fingerprint density at radius 1 is 1.47 bits per heavy atom. The van der Waals surface area contributed by atoms with Crippen LogP contribution in [-0.4, -0.2) is 56.6 Å². The molecule has 3 rings (SSSR count). The largest absolute Gasteiger partial charge is 0.394 e. The monoisotopic (exact) mass is 267 g/mol. The van der Waals surface area contributed by atoms with Gasteiger partial charge in [0, 0.05) is 6.42 Å². The van der Waals surface area contributed by atoms with Gasteiger partial charge in [-0.05, 0) is 0 Å². The number of aliphatic imine (C=N–C) groups is 1. The minimum Gasteiger partial charge on any atom is -0.394 e. The van der Waals surface area contributed by atoms with E-state index in [1.54, 1.807) is 11.0 Å². The van der Waals surface area contributed by atoms with E-state index in [0.29, 0.717) is 11.5 Å². The predicted octanol–water partition coefficient (Wildman–Crippen LogP) is -1.17. The molecule has 1 radical (unpaired) electrons. The molecule has 0 amide bonds. The summed E-state index contributed by atoms with van der Waals surface area (Å²) < 4.78 is 7.16. The molecule has 1 fully saturated rings. The number of aliphatic hydroxyl groups excluding tert-OH is 3. The first-order chi connectivity index (χ1) is 9.20. The fourth-order valence-corrected chi connectivity index (χ4v) is 2.21. The molecule has 0 spiro atoms. The Hall–Kier alpha value is -1.48. The van der Waals surface area contributed by atoms with Crippen molar-refractivity contribution in [3.63, 3.8) is 0 Å². The van der Waals surface area contributed by atoms with Gasteiger partial charge in [-0.2, -0.15) is 0 Å². The lowest BCUT2D eigenvalue weighted by molar-refractivity contribution is -0.0428.